The van der Waals surface area contributed by atoms with Crippen molar-refractivity contribution in [3.8, 4) is 0 Å². The number of rotatable bonds is 6. The van der Waals surface area contributed by atoms with E-state index in [1.165, 1.54) is 13.0 Å². The van der Waals surface area contributed by atoms with Crippen molar-refractivity contribution in [2.24, 2.45) is 0 Å². The average Bonchev–Trinajstić information content (AvgIpc) is 3.21. The minimum atomic E-state index is -0.620. The molecule has 1 fully saturated rings. The van der Waals surface area contributed by atoms with Crippen LogP contribution in [0.25, 0.3) is 0 Å². The summed E-state index contributed by atoms with van der Waals surface area (Å²) >= 11 is 1.57. The summed E-state index contributed by atoms with van der Waals surface area (Å²) in [6.45, 7) is 5.14. The van der Waals surface area contributed by atoms with Gasteiger partial charge in [0.15, 0.2) is 5.69 Å². The Kier molecular flexibility index (Phi) is 5.87. The number of aliphatic hydroxyl groups excluding tert-OH is 1. The molecule has 0 amide bonds. The zero-order valence-corrected chi connectivity index (χ0v) is 16.4. The van der Waals surface area contributed by atoms with E-state index in [1.807, 2.05) is 5.38 Å². The molecule has 3 rings (SSSR count). The summed E-state index contributed by atoms with van der Waals surface area (Å²) in [4.78, 5) is 30.4. The zero-order valence-electron chi connectivity index (χ0n) is 15.6. The van der Waals surface area contributed by atoms with E-state index in [2.05, 4.69) is 16.8 Å². The number of hydrogen-bond donors (Lipinski definition) is 1. The molecule has 1 atom stereocenters. The first-order valence-electron chi connectivity index (χ1n) is 8.79. The molecule has 0 bridgehead atoms. The summed E-state index contributed by atoms with van der Waals surface area (Å²) in [5, 5.41) is 35.7. The standard InChI is InChI=1S/C17H21N5O5S/c1-11-13(10-23)9-14(21(24)25)16(15(11)22(26)27)20-6-4-19(5-7-20)12(2)17-18-3-8-28-17/h3,8-9,12,23H,4-7,10H2,1-2H3. The van der Waals surface area contributed by atoms with Crippen molar-refractivity contribution in [3.05, 3.63) is 54.0 Å². The van der Waals surface area contributed by atoms with Crippen molar-refractivity contribution < 1.29 is 15.0 Å². The van der Waals surface area contributed by atoms with Gasteiger partial charge in [-0.05, 0) is 19.4 Å². The minimum absolute atomic E-state index is 0.0197. The van der Waals surface area contributed by atoms with E-state index >= 15 is 0 Å². The Bertz CT molecular complexity index is 881. The van der Waals surface area contributed by atoms with Crippen LogP contribution < -0.4 is 4.90 Å². The second-order valence-electron chi connectivity index (χ2n) is 6.62. The van der Waals surface area contributed by atoms with Crippen LogP contribution in [0.3, 0.4) is 0 Å². The van der Waals surface area contributed by atoms with E-state index in [0.29, 0.717) is 26.2 Å². The van der Waals surface area contributed by atoms with E-state index < -0.39 is 16.5 Å². The van der Waals surface area contributed by atoms with Crippen LogP contribution in [0.1, 0.15) is 29.1 Å². The van der Waals surface area contributed by atoms with Crippen molar-refractivity contribution in [3.63, 3.8) is 0 Å². The third kappa shape index (κ3) is 3.68. The zero-order chi connectivity index (χ0) is 20.4. The normalized spacial score (nSPS) is 16.2. The first-order chi connectivity index (χ1) is 13.3. The molecule has 0 spiro atoms. The maximum Gasteiger partial charge on any atom is 0.302 e. The lowest BCUT2D eigenvalue weighted by Gasteiger charge is -2.38. The minimum Gasteiger partial charge on any atom is -0.392 e. The molecular formula is C17H21N5O5S. The molecule has 1 unspecified atom stereocenters. The van der Waals surface area contributed by atoms with Crippen LogP contribution in [0.2, 0.25) is 0 Å². The number of nitro benzene ring substituents is 2. The second-order valence-corrected chi connectivity index (χ2v) is 7.54. The number of hydrogen-bond acceptors (Lipinski definition) is 9. The maximum atomic E-state index is 11.7. The quantitative estimate of drug-likeness (QED) is 0.572. The van der Waals surface area contributed by atoms with Crippen LogP contribution >= 0.6 is 11.3 Å². The summed E-state index contributed by atoms with van der Waals surface area (Å²) in [7, 11) is 0. The van der Waals surface area contributed by atoms with Gasteiger partial charge in [0.05, 0.1) is 22.5 Å². The van der Waals surface area contributed by atoms with E-state index in [1.54, 1.807) is 22.4 Å². The Morgan fingerprint density at radius 1 is 1.25 bits per heavy atom. The predicted molar refractivity (Wildman–Crippen MR) is 105 cm³/mol. The van der Waals surface area contributed by atoms with E-state index in [0.717, 1.165) is 5.01 Å². The smallest absolute Gasteiger partial charge is 0.302 e. The molecule has 2 heterocycles. The van der Waals surface area contributed by atoms with Crippen LogP contribution in [0.5, 0.6) is 0 Å². The topological polar surface area (TPSA) is 126 Å². The highest BCUT2D eigenvalue weighted by Gasteiger charge is 2.35. The Balaban J connectivity index is 1.92. The molecule has 1 N–H and O–H groups in total. The number of anilines is 1. The fourth-order valence-electron chi connectivity index (χ4n) is 3.56. The first-order valence-corrected chi connectivity index (χ1v) is 9.67. The van der Waals surface area contributed by atoms with E-state index in [-0.39, 0.29) is 34.2 Å². The van der Waals surface area contributed by atoms with Crippen molar-refractivity contribution in [1.29, 1.82) is 0 Å². The highest BCUT2D eigenvalue weighted by molar-refractivity contribution is 7.09. The van der Waals surface area contributed by atoms with Crippen LogP contribution in [-0.4, -0.2) is 51.0 Å². The second kappa shape index (κ2) is 8.17. The lowest BCUT2D eigenvalue weighted by atomic mass is 10.0. The lowest BCUT2D eigenvalue weighted by Crippen LogP contribution is -2.47. The molecule has 1 aliphatic rings. The number of nitrogens with zero attached hydrogens (tertiary/aromatic N) is 5. The van der Waals surface area contributed by atoms with Crippen molar-refractivity contribution in [2.45, 2.75) is 26.5 Å². The van der Waals surface area contributed by atoms with Crippen LogP contribution in [-0.2, 0) is 6.61 Å². The molecule has 10 nitrogen and oxygen atoms in total. The summed E-state index contributed by atoms with van der Waals surface area (Å²) < 4.78 is 0. The first kappa shape index (κ1) is 20.1. The summed E-state index contributed by atoms with van der Waals surface area (Å²) in [5.74, 6) is 0. The highest BCUT2D eigenvalue weighted by Crippen LogP contribution is 2.42. The van der Waals surface area contributed by atoms with Gasteiger partial charge in [-0.25, -0.2) is 4.98 Å². The molecule has 0 radical (unpaired) electrons. The highest BCUT2D eigenvalue weighted by atomic mass is 32.1. The number of nitro groups is 2. The molecule has 0 aliphatic carbocycles. The van der Waals surface area contributed by atoms with E-state index in [4.69, 9.17) is 0 Å². The lowest BCUT2D eigenvalue weighted by molar-refractivity contribution is -0.393. The third-order valence-electron chi connectivity index (χ3n) is 5.15. The van der Waals surface area contributed by atoms with Gasteiger partial charge in [-0.3, -0.25) is 25.1 Å². The number of benzene rings is 1. The van der Waals surface area contributed by atoms with Gasteiger partial charge in [0.2, 0.25) is 0 Å². The van der Waals surface area contributed by atoms with Crippen molar-refractivity contribution in [2.75, 3.05) is 31.1 Å². The largest absolute Gasteiger partial charge is 0.392 e. The average molecular weight is 407 g/mol. The molecule has 1 aromatic heterocycles. The Labute approximate surface area is 165 Å². The predicted octanol–water partition coefficient (Wildman–Crippen LogP) is 2.64. The Morgan fingerprint density at radius 2 is 1.93 bits per heavy atom. The Morgan fingerprint density at radius 3 is 2.43 bits per heavy atom. The van der Waals surface area contributed by atoms with Crippen LogP contribution in [0.15, 0.2) is 17.6 Å². The van der Waals surface area contributed by atoms with Gasteiger partial charge in [0.25, 0.3) is 5.69 Å². The molecule has 1 aromatic carbocycles. The molecular weight excluding hydrogens is 386 g/mol. The molecule has 1 aliphatic heterocycles. The molecule has 28 heavy (non-hydrogen) atoms. The monoisotopic (exact) mass is 407 g/mol. The number of aliphatic hydroxyl groups is 1. The summed E-state index contributed by atoms with van der Waals surface area (Å²) in [5.41, 5.74) is -0.182. The van der Waals surface area contributed by atoms with Gasteiger partial charge in [-0.1, -0.05) is 0 Å². The number of piperazine rings is 1. The molecule has 2 aromatic rings. The molecule has 11 heteroatoms. The Hall–Kier alpha value is -2.63. The number of aromatic nitrogens is 1. The summed E-state index contributed by atoms with van der Waals surface area (Å²) in [6, 6.07) is 1.35. The van der Waals surface area contributed by atoms with Crippen LogP contribution in [0, 0.1) is 27.2 Å². The van der Waals surface area contributed by atoms with Crippen molar-refractivity contribution >= 4 is 28.4 Å². The fourth-order valence-corrected chi connectivity index (χ4v) is 4.29. The molecule has 1 saturated heterocycles. The molecule has 0 saturated carbocycles. The van der Waals surface area contributed by atoms with Gasteiger partial charge in [0.1, 0.15) is 5.01 Å². The number of thiazole rings is 1. The van der Waals surface area contributed by atoms with Crippen molar-refractivity contribution in [1.82, 2.24) is 9.88 Å². The molecule has 150 valence electrons. The third-order valence-corrected chi connectivity index (χ3v) is 6.10. The van der Waals surface area contributed by atoms with Gasteiger partial charge >= 0.3 is 5.69 Å². The van der Waals surface area contributed by atoms with E-state index in [9.17, 15) is 25.3 Å². The van der Waals surface area contributed by atoms with Gasteiger partial charge in [-0.15, -0.1) is 11.3 Å². The van der Waals surface area contributed by atoms with Gasteiger partial charge in [-0.2, -0.15) is 0 Å². The van der Waals surface area contributed by atoms with Crippen LogP contribution in [0.4, 0.5) is 17.1 Å². The SMILES string of the molecule is Cc1c(CO)cc([N+](=O)[O-])c(N2CCN(C(C)c3nccs3)CC2)c1[N+](=O)[O-]. The van der Waals surface area contributed by atoms with Gasteiger partial charge in [0, 0.05) is 49.4 Å². The van der Waals surface area contributed by atoms with Gasteiger partial charge < -0.3 is 10.0 Å². The maximum absolute atomic E-state index is 11.7. The summed E-state index contributed by atoms with van der Waals surface area (Å²) in [6.07, 6.45) is 1.75. The fraction of sp³-hybridized carbons (Fsp3) is 0.471.